The first kappa shape index (κ1) is 16.3. The van der Waals surface area contributed by atoms with Crippen molar-refractivity contribution >= 4 is 5.97 Å². The van der Waals surface area contributed by atoms with Crippen molar-refractivity contribution in [1.82, 2.24) is 4.98 Å². The Kier molecular flexibility index (Phi) is 4.98. The number of hydrogen-bond donors (Lipinski definition) is 1. The minimum atomic E-state index is -5.11. The molecule has 0 radical (unpaired) electrons. The Morgan fingerprint density at radius 2 is 2.05 bits per heavy atom. The van der Waals surface area contributed by atoms with E-state index >= 15 is 0 Å². The fourth-order valence-electron chi connectivity index (χ4n) is 1.61. The second-order valence-electron chi connectivity index (χ2n) is 3.64. The molecule has 0 saturated carbocycles. The molecule has 4 nitrogen and oxygen atoms in total. The van der Waals surface area contributed by atoms with Crippen LogP contribution in [-0.4, -0.2) is 17.6 Å². The van der Waals surface area contributed by atoms with Gasteiger partial charge in [-0.2, -0.15) is 13.2 Å². The first-order valence-corrected chi connectivity index (χ1v) is 5.48. The lowest BCUT2D eigenvalue weighted by atomic mass is 10.0. The molecule has 1 rings (SSSR count). The van der Waals surface area contributed by atoms with Gasteiger partial charge in [0.1, 0.15) is 0 Å². The maximum Gasteiger partial charge on any atom is 0.433 e. The fourth-order valence-corrected chi connectivity index (χ4v) is 1.61. The molecule has 0 unspecified atom stereocenters. The maximum atomic E-state index is 12.9. The van der Waals surface area contributed by atoms with Crippen molar-refractivity contribution in [3.05, 3.63) is 28.6 Å². The topological polar surface area (TPSA) is 65.2 Å². The summed E-state index contributed by atoms with van der Waals surface area (Å²) in [5, 5.41) is 0. The van der Waals surface area contributed by atoms with Gasteiger partial charge in [-0.3, -0.25) is 4.98 Å². The zero-order valence-corrected chi connectivity index (χ0v) is 10.3. The summed E-state index contributed by atoms with van der Waals surface area (Å²) in [6.45, 7) is 0.808. The first-order chi connectivity index (χ1) is 9.23. The third-order valence-corrected chi connectivity index (χ3v) is 2.38. The van der Waals surface area contributed by atoms with E-state index in [9.17, 15) is 26.7 Å². The molecule has 20 heavy (non-hydrogen) atoms. The average molecular weight is 298 g/mol. The molecule has 2 N–H and O–H groups in total. The van der Waals surface area contributed by atoms with Gasteiger partial charge in [-0.25, -0.2) is 13.6 Å². The van der Waals surface area contributed by atoms with E-state index in [-0.39, 0.29) is 12.2 Å². The van der Waals surface area contributed by atoms with Crippen LogP contribution in [0, 0.1) is 0 Å². The molecule has 0 aliphatic heterocycles. The highest BCUT2D eigenvalue weighted by atomic mass is 19.4. The average Bonchev–Trinajstić information content (AvgIpc) is 2.35. The van der Waals surface area contributed by atoms with Gasteiger partial charge in [0.05, 0.1) is 17.7 Å². The lowest BCUT2D eigenvalue weighted by Gasteiger charge is -2.17. The zero-order chi connectivity index (χ0) is 15.5. The van der Waals surface area contributed by atoms with Gasteiger partial charge in [0, 0.05) is 12.7 Å². The largest absolute Gasteiger partial charge is 0.462 e. The summed E-state index contributed by atoms with van der Waals surface area (Å²) in [7, 11) is 0. The summed E-state index contributed by atoms with van der Waals surface area (Å²) >= 11 is 0. The van der Waals surface area contributed by atoms with Crippen molar-refractivity contribution in [2.24, 2.45) is 5.73 Å². The van der Waals surface area contributed by atoms with Crippen LogP contribution in [0.25, 0.3) is 0 Å². The van der Waals surface area contributed by atoms with E-state index in [0.717, 1.165) is 0 Å². The lowest BCUT2D eigenvalue weighted by molar-refractivity contribution is -0.143. The molecule has 9 heteroatoms. The monoisotopic (exact) mass is 298 g/mol. The third kappa shape index (κ3) is 3.21. The van der Waals surface area contributed by atoms with Crippen molar-refractivity contribution in [2.75, 3.05) is 6.61 Å². The third-order valence-electron chi connectivity index (χ3n) is 2.38. The van der Waals surface area contributed by atoms with Crippen molar-refractivity contribution < 1.29 is 31.5 Å². The number of carbonyl (C=O) groups excluding carboxylic acids is 1. The molecule has 1 aromatic rings. The highest BCUT2D eigenvalue weighted by Crippen LogP contribution is 2.37. The van der Waals surface area contributed by atoms with E-state index in [2.05, 4.69) is 9.72 Å². The van der Waals surface area contributed by atoms with Gasteiger partial charge in [-0.05, 0) is 12.5 Å². The minimum absolute atomic E-state index is 0.171. The van der Waals surface area contributed by atoms with E-state index < -0.39 is 41.9 Å². The summed E-state index contributed by atoms with van der Waals surface area (Å²) in [6.07, 6.45) is -7.99. The van der Waals surface area contributed by atoms with Crippen molar-refractivity contribution in [1.29, 1.82) is 0 Å². The Balaban J connectivity index is 3.62. The van der Waals surface area contributed by atoms with Crippen LogP contribution in [0.1, 0.15) is 40.5 Å². The van der Waals surface area contributed by atoms with Crippen molar-refractivity contribution in [2.45, 2.75) is 26.1 Å². The molecule has 0 saturated heterocycles. The number of nitrogens with two attached hydrogens (primary N) is 1. The minimum Gasteiger partial charge on any atom is -0.462 e. The number of nitrogens with zero attached hydrogens (tertiary/aromatic N) is 1. The maximum absolute atomic E-state index is 12.9. The van der Waals surface area contributed by atoms with Gasteiger partial charge in [0.25, 0.3) is 6.43 Å². The molecule has 1 heterocycles. The predicted molar refractivity (Wildman–Crippen MR) is 58.0 cm³/mol. The highest BCUT2D eigenvalue weighted by molar-refractivity contribution is 5.93. The molecule has 0 aromatic carbocycles. The van der Waals surface area contributed by atoms with E-state index in [0.29, 0.717) is 6.20 Å². The van der Waals surface area contributed by atoms with Crippen LogP contribution in [-0.2, 0) is 17.5 Å². The number of pyridine rings is 1. The summed E-state index contributed by atoms with van der Waals surface area (Å²) in [4.78, 5) is 14.6. The molecule has 0 amide bonds. The number of carbonyl (C=O) groups is 1. The van der Waals surface area contributed by atoms with Crippen molar-refractivity contribution in [3.63, 3.8) is 0 Å². The van der Waals surface area contributed by atoms with Gasteiger partial charge in [-0.15, -0.1) is 0 Å². The molecular formula is C11H11F5N2O2. The molecule has 0 spiro atoms. The van der Waals surface area contributed by atoms with Crippen LogP contribution >= 0.6 is 0 Å². The van der Waals surface area contributed by atoms with E-state index in [1.165, 1.54) is 6.92 Å². The number of hydrogen-bond acceptors (Lipinski definition) is 4. The first-order valence-electron chi connectivity index (χ1n) is 5.48. The molecule has 0 fully saturated rings. The Labute approximate surface area is 110 Å². The fraction of sp³-hybridized carbons (Fsp3) is 0.455. The van der Waals surface area contributed by atoms with Crippen LogP contribution in [0.15, 0.2) is 6.20 Å². The highest BCUT2D eigenvalue weighted by Gasteiger charge is 2.41. The van der Waals surface area contributed by atoms with Gasteiger partial charge in [0.2, 0.25) is 0 Å². The molecule has 1 aromatic heterocycles. The normalized spacial score (nSPS) is 11.8. The number of esters is 1. The van der Waals surface area contributed by atoms with Gasteiger partial charge < -0.3 is 10.5 Å². The zero-order valence-electron chi connectivity index (χ0n) is 10.3. The Morgan fingerprint density at radius 3 is 2.45 bits per heavy atom. The number of halogens is 5. The second-order valence-corrected chi connectivity index (χ2v) is 3.64. The SMILES string of the molecule is CCOC(=O)c1c(CN)cnc(C(F)(F)F)c1C(F)F. The molecule has 0 atom stereocenters. The molecule has 0 aliphatic carbocycles. The summed E-state index contributed by atoms with van der Waals surface area (Å²) in [5.41, 5.74) is 0.827. The van der Waals surface area contributed by atoms with Crippen LogP contribution in [0.3, 0.4) is 0 Å². The molecular weight excluding hydrogens is 287 g/mol. The Bertz CT molecular complexity index is 502. The summed E-state index contributed by atoms with van der Waals surface area (Å²) in [6, 6.07) is 0. The summed E-state index contributed by atoms with van der Waals surface area (Å²) < 4.78 is 68.5. The quantitative estimate of drug-likeness (QED) is 0.685. The summed E-state index contributed by atoms with van der Waals surface area (Å²) in [5.74, 6) is -1.28. The molecule has 0 aliphatic rings. The predicted octanol–water partition coefficient (Wildman–Crippen LogP) is 2.67. The van der Waals surface area contributed by atoms with Crippen molar-refractivity contribution in [3.8, 4) is 0 Å². The van der Waals surface area contributed by atoms with Crippen LogP contribution in [0.4, 0.5) is 22.0 Å². The molecule has 0 bridgehead atoms. The van der Waals surface area contributed by atoms with Crippen LogP contribution in [0.2, 0.25) is 0 Å². The van der Waals surface area contributed by atoms with E-state index in [1.807, 2.05) is 0 Å². The standard InChI is InChI=1S/C11H11F5N2O2/c1-2-20-10(19)6-5(3-17)4-18-8(11(14,15)16)7(6)9(12)13/h4,9H,2-3,17H2,1H3. The van der Waals surface area contributed by atoms with Gasteiger partial charge in [-0.1, -0.05) is 0 Å². The number of aromatic nitrogens is 1. The van der Waals surface area contributed by atoms with Crippen LogP contribution < -0.4 is 5.73 Å². The molecule has 112 valence electrons. The number of rotatable bonds is 4. The second kappa shape index (κ2) is 6.12. The number of ether oxygens (including phenoxy) is 1. The van der Waals surface area contributed by atoms with Gasteiger partial charge in [0.15, 0.2) is 5.69 Å². The Morgan fingerprint density at radius 1 is 1.45 bits per heavy atom. The number of alkyl halides is 5. The smallest absolute Gasteiger partial charge is 0.433 e. The van der Waals surface area contributed by atoms with Crippen LogP contribution in [0.5, 0.6) is 0 Å². The van der Waals surface area contributed by atoms with E-state index in [4.69, 9.17) is 5.73 Å². The lowest BCUT2D eigenvalue weighted by Crippen LogP contribution is -2.21. The Hall–Kier alpha value is -1.77. The van der Waals surface area contributed by atoms with Gasteiger partial charge >= 0.3 is 12.1 Å². The van der Waals surface area contributed by atoms with E-state index in [1.54, 1.807) is 0 Å².